The van der Waals surface area contributed by atoms with E-state index in [1.807, 2.05) is 30.3 Å². The third-order valence-electron chi connectivity index (χ3n) is 4.54. The summed E-state index contributed by atoms with van der Waals surface area (Å²) in [6, 6.07) is 9.69. The molecule has 2 fully saturated rings. The van der Waals surface area contributed by atoms with Crippen molar-refractivity contribution in [2.45, 2.75) is 50.4 Å². The summed E-state index contributed by atoms with van der Waals surface area (Å²) in [7, 11) is 0. The van der Waals surface area contributed by atoms with Gasteiger partial charge < -0.3 is 9.84 Å². The average Bonchev–Trinajstić information content (AvgIpc) is 3.05. The Kier molecular flexibility index (Phi) is 3.66. The number of likely N-dealkylation sites (tertiary alicyclic amines) is 1. The molecular weight excluding hydrogens is 254 g/mol. The van der Waals surface area contributed by atoms with E-state index in [1.54, 1.807) is 4.90 Å². The van der Waals surface area contributed by atoms with Crippen LogP contribution in [0.25, 0.3) is 0 Å². The molecule has 4 heteroatoms. The van der Waals surface area contributed by atoms with Crippen LogP contribution in [-0.4, -0.2) is 34.3 Å². The third kappa shape index (κ3) is 2.52. The summed E-state index contributed by atoms with van der Waals surface area (Å²) in [6.07, 6.45) is 4.26. The molecule has 4 nitrogen and oxygen atoms in total. The molecule has 1 unspecified atom stereocenters. The van der Waals surface area contributed by atoms with Crippen molar-refractivity contribution in [3.8, 4) is 0 Å². The molecule has 1 amide bonds. The second-order valence-corrected chi connectivity index (χ2v) is 5.94. The molecule has 1 heterocycles. The predicted octanol–water partition coefficient (Wildman–Crippen LogP) is 2.70. The van der Waals surface area contributed by atoms with Crippen LogP contribution in [0.4, 0.5) is 4.79 Å². The van der Waals surface area contributed by atoms with Crippen LogP contribution in [0.3, 0.4) is 0 Å². The topological polar surface area (TPSA) is 49.8 Å². The van der Waals surface area contributed by atoms with Crippen molar-refractivity contribution < 1.29 is 14.6 Å². The Balaban J connectivity index is 1.64. The summed E-state index contributed by atoms with van der Waals surface area (Å²) < 4.78 is 5.42. The number of hydrogen-bond donors (Lipinski definition) is 1. The first-order valence-corrected chi connectivity index (χ1v) is 7.36. The predicted molar refractivity (Wildman–Crippen MR) is 75.2 cm³/mol. The molecule has 2 aliphatic rings. The maximum Gasteiger partial charge on any atom is 0.410 e. The van der Waals surface area contributed by atoms with Gasteiger partial charge in [-0.3, -0.25) is 4.90 Å². The number of amides is 1. The van der Waals surface area contributed by atoms with E-state index in [-0.39, 0.29) is 11.6 Å². The minimum absolute atomic E-state index is 0.146. The van der Waals surface area contributed by atoms with Crippen LogP contribution in [0, 0.1) is 0 Å². The Morgan fingerprint density at radius 2 is 2.00 bits per heavy atom. The van der Waals surface area contributed by atoms with Crippen molar-refractivity contribution in [1.29, 1.82) is 0 Å². The maximum atomic E-state index is 12.3. The number of ether oxygens (including phenoxy) is 1. The largest absolute Gasteiger partial charge is 0.445 e. The highest BCUT2D eigenvalue weighted by atomic mass is 16.6. The summed E-state index contributed by atoms with van der Waals surface area (Å²) >= 11 is 0. The van der Waals surface area contributed by atoms with Crippen molar-refractivity contribution >= 4 is 6.09 Å². The van der Waals surface area contributed by atoms with Crippen LogP contribution in [-0.2, 0) is 11.3 Å². The molecule has 1 aliphatic heterocycles. The van der Waals surface area contributed by atoms with Crippen LogP contribution in [0.5, 0.6) is 0 Å². The summed E-state index contributed by atoms with van der Waals surface area (Å²) in [5, 5.41) is 9.91. The van der Waals surface area contributed by atoms with Crippen LogP contribution in [0.1, 0.15) is 37.7 Å². The normalized spacial score (nSPS) is 24.2. The van der Waals surface area contributed by atoms with Gasteiger partial charge in [-0.25, -0.2) is 4.79 Å². The monoisotopic (exact) mass is 275 g/mol. The lowest BCUT2D eigenvalue weighted by Gasteiger charge is -2.33. The van der Waals surface area contributed by atoms with Gasteiger partial charge in [-0.2, -0.15) is 0 Å². The first-order valence-electron chi connectivity index (χ1n) is 7.36. The first kappa shape index (κ1) is 13.4. The standard InChI is InChI=1S/C16H21NO3/c18-14-10-16(8-4-5-9-16)17(11-14)15(19)20-12-13-6-2-1-3-7-13/h1-3,6-7,14,18H,4-5,8-12H2. The lowest BCUT2D eigenvalue weighted by Crippen LogP contribution is -2.45. The molecule has 0 radical (unpaired) electrons. The van der Waals surface area contributed by atoms with Gasteiger partial charge in [0.15, 0.2) is 0 Å². The number of rotatable bonds is 2. The molecule has 1 spiro atoms. The van der Waals surface area contributed by atoms with Crippen LogP contribution >= 0.6 is 0 Å². The molecule has 20 heavy (non-hydrogen) atoms. The van der Waals surface area contributed by atoms with Crippen molar-refractivity contribution in [2.24, 2.45) is 0 Å². The van der Waals surface area contributed by atoms with Gasteiger partial charge in [0.1, 0.15) is 6.61 Å². The Labute approximate surface area is 119 Å². The molecule has 1 atom stereocenters. The average molecular weight is 275 g/mol. The zero-order valence-corrected chi connectivity index (χ0v) is 11.6. The molecule has 1 aliphatic carbocycles. The summed E-state index contributed by atoms with van der Waals surface area (Å²) in [5.41, 5.74) is 0.841. The zero-order chi connectivity index (χ0) is 14.0. The van der Waals surface area contributed by atoms with Crippen LogP contribution < -0.4 is 0 Å². The number of aliphatic hydroxyl groups excluding tert-OH is 1. The highest BCUT2D eigenvalue weighted by Gasteiger charge is 2.49. The Hall–Kier alpha value is -1.55. The number of hydrogen-bond acceptors (Lipinski definition) is 3. The number of aliphatic hydroxyl groups is 1. The molecule has 1 aromatic carbocycles. The van der Waals surface area contributed by atoms with Gasteiger partial charge in [-0.05, 0) is 24.8 Å². The molecular formula is C16H21NO3. The number of benzene rings is 1. The number of β-amino-alcohol motifs (C(OH)–C–C–N with tert-alkyl or cyclic N) is 1. The van der Waals surface area contributed by atoms with Gasteiger partial charge in [0.05, 0.1) is 12.6 Å². The fourth-order valence-electron chi connectivity index (χ4n) is 3.59. The minimum Gasteiger partial charge on any atom is -0.445 e. The lowest BCUT2D eigenvalue weighted by atomic mass is 9.94. The molecule has 1 saturated carbocycles. The van der Waals surface area contributed by atoms with Crippen molar-refractivity contribution in [2.75, 3.05) is 6.54 Å². The molecule has 1 saturated heterocycles. The Morgan fingerprint density at radius 1 is 1.30 bits per heavy atom. The van der Waals surface area contributed by atoms with E-state index in [0.29, 0.717) is 19.6 Å². The van der Waals surface area contributed by atoms with Crippen LogP contribution in [0.2, 0.25) is 0 Å². The molecule has 0 aromatic heterocycles. The van der Waals surface area contributed by atoms with E-state index in [9.17, 15) is 9.90 Å². The van der Waals surface area contributed by atoms with E-state index >= 15 is 0 Å². The minimum atomic E-state index is -0.405. The fraction of sp³-hybridized carbons (Fsp3) is 0.562. The fourth-order valence-corrected chi connectivity index (χ4v) is 3.59. The zero-order valence-electron chi connectivity index (χ0n) is 11.6. The van der Waals surface area contributed by atoms with Crippen molar-refractivity contribution in [1.82, 2.24) is 4.90 Å². The van der Waals surface area contributed by atoms with Gasteiger partial charge >= 0.3 is 6.09 Å². The lowest BCUT2D eigenvalue weighted by molar-refractivity contribution is 0.0653. The number of carbonyl (C=O) groups excluding carboxylic acids is 1. The molecule has 108 valence electrons. The van der Waals surface area contributed by atoms with E-state index in [0.717, 1.165) is 31.2 Å². The molecule has 3 rings (SSSR count). The third-order valence-corrected chi connectivity index (χ3v) is 4.54. The van der Waals surface area contributed by atoms with Gasteiger partial charge in [0.25, 0.3) is 0 Å². The second-order valence-electron chi connectivity index (χ2n) is 5.94. The highest BCUT2D eigenvalue weighted by Crippen LogP contribution is 2.43. The second kappa shape index (κ2) is 5.44. The van der Waals surface area contributed by atoms with E-state index in [4.69, 9.17) is 4.74 Å². The Bertz CT molecular complexity index is 468. The van der Waals surface area contributed by atoms with E-state index in [1.165, 1.54) is 0 Å². The van der Waals surface area contributed by atoms with E-state index in [2.05, 4.69) is 0 Å². The smallest absolute Gasteiger partial charge is 0.410 e. The van der Waals surface area contributed by atoms with Crippen molar-refractivity contribution in [3.63, 3.8) is 0 Å². The molecule has 1 N–H and O–H groups in total. The summed E-state index contributed by atoms with van der Waals surface area (Å²) in [6.45, 7) is 0.704. The van der Waals surface area contributed by atoms with Gasteiger partial charge in [-0.15, -0.1) is 0 Å². The number of nitrogens with zero attached hydrogens (tertiary/aromatic N) is 1. The maximum absolute atomic E-state index is 12.3. The SMILES string of the molecule is O=C(OCc1ccccc1)N1CC(O)CC12CCCC2. The highest BCUT2D eigenvalue weighted by molar-refractivity contribution is 5.69. The molecule has 1 aromatic rings. The first-order chi connectivity index (χ1) is 9.70. The molecule has 0 bridgehead atoms. The van der Waals surface area contributed by atoms with Gasteiger partial charge in [-0.1, -0.05) is 43.2 Å². The quantitative estimate of drug-likeness (QED) is 0.902. The van der Waals surface area contributed by atoms with Crippen molar-refractivity contribution in [3.05, 3.63) is 35.9 Å². The van der Waals surface area contributed by atoms with Gasteiger partial charge in [0.2, 0.25) is 0 Å². The van der Waals surface area contributed by atoms with Crippen LogP contribution in [0.15, 0.2) is 30.3 Å². The summed E-state index contributed by atoms with van der Waals surface area (Å²) in [5.74, 6) is 0. The van der Waals surface area contributed by atoms with Gasteiger partial charge in [0, 0.05) is 5.54 Å². The summed E-state index contributed by atoms with van der Waals surface area (Å²) in [4.78, 5) is 14.1. The Morgan fingerprint density at radius 3 is 2.70 bits per heavy atom. The number of carbonyl (C=O) groups is 1. The van der Waals surface area contributed by atoms with E-state index < -0.39 is 6.10 Å².